The number of nitrogens with one attached hydrogen (secondary N) is 1. The number of hydrogen-bond donors (Lipinski definition) is 1. The molecule has 5 nitrogen and oxygen atoms in total. The summed E-state index contributed by atoms with van der Waals surface area (Å²) < 4.78 is 26.2. The lowest BCUT2D eigenvalue weighted by Crippen LogP contribution is -2.35. The highest BCUT2D eigenvalue weighted by atomic mass is 79.9. The number of rotatable bonds is 9. The quantitative estimate of drug-likeness (QED) is 0.142. The van der Waals surface area contributed by atoms with Crippen LogP contribution in [0, 0.1) is 5.82 Å². The molecule has 0 aromatic heterocycles. The van der Waals surface area contributed by atoms with Crippen molar-refractivity contribution in [2.45, 2.75) is 26.1 Å². The first-order chi connectivity index (χ1) is 19.0. The minimum Gasteiger partial charge on any atom is -0.488 e. The Labute approximate surface area is 234 Å². The fourth-order valence-electron chi connectivity index (χ4n) is 4.29. The number of hydrogen-bond acceptors (Lipinski definition) is 4. The Morgan fingerprint density at radius 3 is 2.26 bits per heavy atom. The zero-order chi connectivity index (χ0) is 27.2. The maximum absolute atomic E-state index is 13.3. The van der Waals surface area contributed by atoms with Gasteiger partial charge in [-0.2, -0.15) is 5.10 Å². The summed E-state index contributed by atoms with van der Waals surface area (Å²) in [5, 5.41) is 8.27. The summed E-state index contributed by atoms with van der Waals surface area (Å²) in [4.78, 5) is 13.0. The average molecular weight is 585 g/mol. The normalized spacial score (nSPS) is 12.1. The van der Waals surface area contributed by atoms with Gasteiger partial charge in [-0.15, -0.1) is 0 Å². The summed E-state index contributed by atoms with van der Waals surface area (Å²) >= 11 is 3.62. The van der Waals surface area contributed by atoms with E-state index in [1.165, 1.54) is 12.1 Å². The van der Waals surface area contributed by atoms with Crippen LogP contribution in [0.5, 0.6) is 11.5 Å². The molecule has 39 heavy (non-hydrogen) atoms. The van der Waals surface area contributed by atoms with Crippen LogP contribution in [0.15, 0.2) is 107 Å². The highest BCUT2D eigenvalue weighted by molar-refractivity contribution is 9.10. The fourth-order valence-corrected chi connectivity index (χ4v) is 4.88. The summed E-state index contributed by atoms with van der Waals surface area (Å²) in [6, 6.07) is 29.6. The molecule has 1 N–H and O–H groups in total. The smallest absolute Gasteiger partial charge is 0.281 e. The molecule has 0 saturated heterocycles. The second kappa shape index (κ2) is 12.1. The zero-order valence-corrected chi connectivity index (χ0v) is 22.8. The van der Waals surface area contributed by atoms with E-state index in [0.29, 0.717) is 17.9 Å². The molecule has 0 heterocycles. The average Bonchev–Trinajstić information content (AvgIpc) is 2.97. The van der Waals surface area contributed by atoms with E-state index in [2.05, 4.69) is 26.5 Å². The maximum atomic E-state index is 13.3. The summed E-state index contributed by atoms with van der Waals surface area (Å²) in [5.74, 6) is 0.530. The van der Waals surface area contributed by atoms with E-state index in [0.717, 1.165) is 37.1 Å². The molecule has 5 aromatic rings. The van der Waals surface area contributed by atoms with Crippen molar-refractivity contribution in [1.82, 2.24) is 5.43 Å². The van der Waals surface area contributed by atoms with Crippen LogP contribution in [0.4, 0.5) is 4.39 Å². The zero-order valence-electron chi connectivity index (χ0n) is 21.2. The van der Waals surface area contributed by atoms with Crippen LogP contribution < -0.4 is 14.9 Å². The van der Waals surface area contributed by atoms with E-state index in [1.807, 2.05) is 79.7 Å². The highest BCUT2D eigenvalue weighted by Gasteiger charge is 2.20. The number of ether oxygens (including phenoxy) is 2. The van der Waals surface area contributed by atoms with Crippen molar-refractivity contribution < 1.29 is 18.7 Å². The van der Waals surface area contributed by atoms with E-state index in [-0.39, 0.29) is 18.3 Å². The van der Waals surface area contributed by atoms with Gasteiger partial charge in [0.1, 0.15) is 23.9 Å². The first-order valence-electron chi connectivity index (χ1n) is 12.6. The largest absolute Gasteiger partial charge is 0.488 e. The van der Waals surface area contributed by atoms with E-state index >= 15 is 0 Å². The number of benzene rings is 5. The van der Waals surface area contributed by atoms with Crippen LogP contribution in [0.3, 0.4) is 0 Å². The van der Waals surface area contributed by atoms with Gasteiger partial charge in [0.2, 0.25) is 0 Å². The van der Waals surface area contributed by atoms with Crippen LogP contribution >= 0.6 is 15.9 Å². The Kier molecular flexibility index (Phi) is 8.18. The molecule has 0 radical (unpaired) electrons. The summed E-state index contributed by atoms with van der Waals surface area (Å²) in [7, 11) is 0. The number of nitrogens with zero attached hydrogens (tertiary/aromatic N) is 1. The second-order valence-corrected chi connectivity index (χ2v) is 9.75. The summed E-state index contributed by atoms with van der Waals surface area (Å²) in [5.41, 5.74) is 4.18. The summed E-state index contributed by atoms with van der Waals surface area (Å²) in [6.07, 6.45) is 1.31. The predicted molar refractivity (Wildman–Crippen MR) is 157 cm³/mol. The van der Waals surface area contributed by atoms with Gasteiger partial charge in [0.25, 0.3) is 5.91 Å². The first kappa shape index (κ1) is 26.4. The summed E-state index contributed by atoms with van der Waals surface area (Å²) in [6.45, 7) is 2.15. The van der Waals surface area contributed by atoms with Crippen LogP contribution in [0.1, 0.15) is 24.5 Å². The number of amides is 1. The second-order valence-electron chi connectivity index (χ2n) is 8.96. The molecule has 1 unspecified atom stereocenters. The number of halogens is 2. The van der Waals surface area contributed by atoms with Crippen molar-refractivity contribution in [3.8, 4) is 11.5 Å². The maximum Gasteiger partial charge on any atom is 0.281 e. The molecule has 5 aromatic carbocycles. The predicted octanol–water partition coefficient (Wildman–Crippen LogP) is 7.78. The molecule has 0 saturated carbocycles. The Morgan fingerprint density at radius 1 is 0.897 bits per heavy atom. The van der Waals surface area contributed by atoms with Gasteiger partial charge >= 0.3 is 0 Å². The van der Waals surface area contributed by atoms with E-state index in [4.69, 9.17) is 9.47 Å². The highest BCUT2D eigenvalue weighted by Crippen LogP contribution is 2.34. The van der Waals surface area contributed by atoms with Crippen molar-refractivity contribution in [1.29, 1.82) is 0 Å². The molecule has 7 heteroatoms. The Morgan fingerprint density at radius 2 is 1.54 bits per heavy atom. The lowest BCUT2D eigenvalue weighted by molar-refractivity contribution is -0.128. The van der Waals surface area contributed by atoms with Gasteiger partial charge in [0.15, 0.2) is 6.10 Å². The first-order valence-corrected chi connectivity index (χ1v) is 13.4. The molecular weight excluding hydrogens is 559 g/mol. The Bertz CT molecular complexity index is 1650. The van der Waals surface area contributed by atoms with Crippen molar-refractivity contribution in [3.63, 3.8) is 0 Å². The van der Waals surface area contributed by atoms with Crippen LogP contribution in [0.25, 0.3) is 21.5 Å². The van der Waals surface area contributed by atoms with E-state index < -0.39 is 6.10 Å². The van der Waals surface area contributed by atoms with Crippen molar-refractivity contribution >= 4 is 49.6 Å². The van der Waals surface area contributed by atoms with Crippen molar-refractivity contribution in [2.75, 3.05) is 0 Å². The van der Waals surface area contributed by atoms with Crippen molar-refractivity contribution in [2.24, 2.45) is 5.10 Å². The Balaban J connectivity index is 1.33. The SMILES string of the molecule is CCC(Oc1ccc2ccccc2c1Br)C(=O)N/N=C/c1c(OCc2ccc(F)cc2)ccc2ccccc12. The lowest BCUT2D eigenvalue weighted by Gasteiger charge is -2.17. The molecule has 1 atom stereocenters. The minimum absolute atomic E-state index is 0.262. The van der Waals surface area contributed by atoms with Gasteiger partial charge in [0.05, 0.1) is 10.7 Å². The molecule has 196 valence electrons. The standard InChI is InChI=1S/C32H26BrFN2O3/c1-2-28(39-30-18-14-23-8-4-6-10-26(23)31(30)33)32(37)36-35-19-27-25-9-5-3-7-22(25)13-17-29(27)38-20-21-11-15-24(34)16-12-21/h3-19,28H,2,20H2,1H3,(H,36,37)/b35-19+. The number of fused-ring (bicyclic) bond motifs is 2. The molecule has 1 amide bonds. The third-order valence-electron chi connectivity index (χ3n) is 6.37. The molecule has 0 bridgehead atoms. The lowest BCUT2D eigenvalue weighted by atomic mass is 10.0. The molecule has 0 fully saturated rings. The van der Waals surface area contributed by atoms with E-state index in [9.17, 15) is 9.18 Å². The van der Waals surface area contributed by atoms with Gasteiger partial charge in [-0.1, -0.05) is 79.7 Å². The van der Waals surface area contributed by atoms with Gasteiger partial charge in [-0.3, -0.25) is 4.79 Å². The molecule has 0 aliphatic carbocycles. The number of carbonyl (C=O) groups excluding carboxylic acids is 1. The topological polar surface area (TPSA) is 59.9 Å². The van der Waals surface area contributed by atoms with Crippen molar-refractivity contribution in [3.05, 3.63) is 118 Å². The monoisotopic (exact) mass is 584 g/mol. The van der Waals surface area contributed by atoms with Gasteiger partial charge in [-0.25, -0.2) is 9.82 Å². The van der Waals surface area contributed by atoms with Crippen LogP contribution in [-0.2, 0) is 11.4 Å². The Hall–Kier alpha value is -4.23. The van der Waals surface area contributed by atoms with Gasteiger partial charge in [0, 0.05) is 5.56 Å². The molecular formula is C32H26BrFN2O3. The molecule has 5 rings (SSSR count). The van der Waals surface area contributed by atoms with E-state index in [1.54, 1.807) is 18.3 Å². The molecule has 0 spiro atoms. The third-order valence-corrected chi connectivity index (χ3v) is 7.18. The number of hydrazone groups is 1. The fraction of sp³-hybridized carbons (Fsp3) is 0.125. The van der Waals surface area contributed by atoms with Crippen LogP contribution in [-0.4, -0.2) is 18.2 Å². The van der Waals surface area contributed by atoms with Gasteiger partial charge < -0.3 is 9.47 Å². The number of carbonyl (C=O) groups is 1. The minimum atomic E-state index is -0.735. The molecule has 0 aliphatic heterocycles. The third kappa shape index (κ3) is 6.10. The van der Waals surface area contributed by atoms with Crippen LogP contribution in [0.2, 0.25) is 0 Å². The molecule has 0 aliphatic rings. The van der Waals surface area contributed by atoms with Gasteiger partial charge in [-0.05, 0) is 73.7 Å².